The van der Waals surface area contributed by atoms with E-state index >= 15 is 0 Å². The number of rotatable bonds is 10. The zero-order valence-corrected chi connectivity index (χ0v) is 14.1. The second-order valence-corrected chi connectivity index (χ2v) is 5.74. The first-order valence-corrected chi connectivity index (χ1v) is 8.49. The summed E-state index contributed by atoms with van der Waals surface area (Å²) in [7, 11) is 0. The third-order valence-corrected chi connectivity index (χ3v) is 3.78. The predicted octanol–water partition coefficient (Wildman–Crippen LogP) is 4.58. The molecule has 0 saturated carbocycles. The Balaban J connectivity index is 1.79. The third-order valence-electron chi connectivity index (χ3n) is 3.78. The van der Waals surface area contributed by atoms with Gasteiger partial charge in [0.15, 0.2) is 11.6 Å². The van der Waals surface area contributed by atoms with Gasteiger partial charge in [-0.3, -0.25) is 0 Å². The van der Waals surface area contributed by atoms with Crippen molar-refractivity contribution >= 4 is 5.97 Å². The molecule has 0 spiro atoms. The van der Waals surface area contributed by atoms with Gasteiger partial charge in [-0.1, -0.05) is 51.2 Å². The maximum atomic E-state index is 10.8. The van der Waals surface area contributed by atoms with Gasteiger partial charge in [-0.05, 0) is 18.6 Å². The van der Waals surface area contributed by atoms with Crippen molar-refractivity contribution in [3.63, 3.8) is 0 Å². The lowest BCUT2D eigenvalue weighted by molar-refractivity contribution is 0.0697. The first kappa shape index (κ1) is 17.9. The molecule has 0 amide bonds. The molecule has 0 aliphatic rings. The van der Waals surface area contributed by atoms with Crippen LogP contribution in [0.1, 0.15) is 55.8 Å². The van der Waals surface area contributed by atoms with Crippen LogP contribution < -0.4 is 4.74 Å². The fraction of sp³-hybridized carbons (Fsp3) is 0.421. The first-order chi connectivity index (χ1) is 11.7. The van der Waals surface area contributed by atoms with Crippen LogP contribution in [0.15, 0.2) is 36.7 Å². The molecule has 1 N–H and O–H groups in total. The van der Waals surface area contributed by atoms with Gasteiger partial charge in [0.05, 0.1) is 24.6 Å². The number of benzene rings is 1. The Hall–Kier alpha value is -2.43. The molecule has 24 heavy (non-hydrogen) atoms. The number of nitrogens with zero attached hydrogens (tertiary/aromatic N) is 2. The SMILES string of the molecule is CCCCCCCCOc1cnc(-c2ccc(C(=O)O)cc2)nc1. The lowest BCUT2D eigenvalue weighted by Crippen LogP contribution is -1.99. The molecular weight excluding hydrogens is 304 g/mol. The average Bonchev–Trinajstić information content (AvgIpc) is 2.61. The molecule has 5 nitrogen and oxygen atoms in total. The van der Waals surface area contributed by atoms with Gasteiger partial charge >= 0.3 is 5.97 Å². The molecule has 0 atom stereocenters. The van der Waals surface area contributed by atoms with Crippen molar-refractivity contribution < 1.29 is 14.6 Å². The van der Waals surface area contributed by atoms with Gasteiger partial charge in [0.25, 0.3) is 0 Å². The van der Waals surface area contributed by atoms with Crippen LogP contribution in [-0.2, 0) is 0 Å². The second-order valence-electron chi connectivity index (χ2n) is 5.74. The summed E-state index contributed by atoms with van der Waals surface area (Å²) < 4.78 is 5.65. The Morgan fingerprint density at radius 2 is 1.62 bits per heavy atom. The van der Waals surface area contributed by atoms with Crippen molar-refractivity contribution in [2.75, 3.05) is 6.61 Å². The first-order valence-electron chi connectivity index (χ1n) is 8.49. The molecule has 0 unspecified atom stereocenters. The number of ether oxygens (including phenoxy) is 1. The molecule has 2 rings (SSSR count). The summed E-state index contributed by atoms with van der Waals surface area (Å²) in [5.41, 5.74) is 1.03. The van der Waals surface area contributed by atoms with Gasteiger partial charge in [-0.15, -0.1) is 0 Å². The summed E-state index contributed by atoms with van der Waals surface area (Å²) in [6.45, 7) is 2.90. The molecule has 5 heteroatoms. The Kier molecular flexibility index (Phi) is 7.21. The topological polar surface area (TPSA) is 72.3 Å². The molecule has 0 fully saturated rings. The van der Waals surface area contributed by atoms with E-state index in [9.17, 15) is 4.79 Å². The van der Waals surface area contributed by atoms with Gasteiger partial charge in [-0.2, -0.15) is 0 Å². The molecule has 1 aromatic carbocycles. The summed E-state index contributed by atoms with van der Waals surface area (Å²) >= 11 is 0. The van der Waals surface area contributed by atoms with Gasteiger partial charge in [0, 0.05) is 5.56 Å². The van der Waals surface area contributed by atoms with Gasteiger partial charge in [0.2, 0.25) is 0 Å². The Morgan fingerprint density at radius 3 is 2.25 bits per heavy atom. The summed E-state index contributed by atoms with van der Waals surface area (Å²) in [6, 6.07) is 6.50. The molecule has 1 aromatic heterocycles. The zero-order chi connectivity index (χ0) is 17.2. The maximum Gasteiger partial charge on any atom is 0.335 e. The minimum absolute atomic E-state index is 0.248. The van der Waals surface area contributed by atoms with Crippen LogP contribution in [-0.4, -0.2) is 27.7 Å². The predicted molar refractivity (Wildman–Crippen MR) is 93.3 cm³/mol. The molecule has 0 radical (unpaired) electrons. The van der Waals surface area contributed by atoms with E-state index in [0.717, 1.165) is 12.0 Å². The minimum atomic E-state index is -0.944. The second kappa shape index (κ2) is 9.65. The van der Waals surface area contributed by atoms with Crippen LogP contribution in [0.4, 0.5) is 0 Å². The Bertz CT molecular complexity index is 624. The van der Waals surface area contributed by atoms with E-state index in [-0.39, 0.29) is 5.56 Å². The van der Waals surface area contributed by atoms with E-state index in [2.05, 4.69) is 16.9 Å². The highest BCUT2D eigenvalue weighted by Gasteiger charge is 2.05. The normalized spacial score (nSPS) is 10.5. The highest BCUT2D eigenvalue weighted by atomic mass is 16.5. The van der Waals surface area contributed by atoms with Gasteiger partial charge in [-0.25, -0.2) is 14.8 Å². The molecule has 2 aromatic rings. The van der Waals surface area contributed by atoms with Crippen molar-refractivity contribution in [2.45, 2.75) is 45.4 Å². The van der Waals surface area contributed by atoms with Crippen molar-refractivity contribution in [2.24, 2.45) is 0 Å². The van der Waals surface area contributed by atoms with E-state index in [1.165, 1.54) is 32.1 Å². The molecular formula is C19H24N2O3. The van der Waals surface area contributed by atoms with Gasteiger partial charge < -0.3 is 9.84 Å². The fourth-order valence-corrected chi connectivity index (χ4v) is 2.37. The fourth-order valence-electron chi connectivity index (χ4n) is 2.37. The van der Waals surface area contributed by atoms with E-state index in [4.69, 9.17) is 9.84 Å². The third kappa shape index (κ3) is 5.65. The van der Waals surface area contributed by atoms with Crippen LogP contribution in [0.25, 0.3) is 11.4 Å². The highest BCUT2D eigenvalue weighted by molar-refractivity contribution is 5.88. The number of unbranched alkanes of at least 4 members (excludes halogenated alkanes) is 5. The monoisotopic (exact) mass is 328 g/mol. The maximum absolute atomic E-state index is 10.8. The molecule has 0 aliphatic heterocycles. The molecule has 0 saturated heterocycles. The number of carboxylic acids is 1. The summed E-state index contributed by atoms with van der Waals surface area (Å²) in [5.74, 6) is 0.272. The zero-order valence-electron chi connectivity index (χ0n) is 14.1. The number of carbonyl (C=O) groups is 1. The number of aromatic nitrogens is 2. The van der Waals surface area contributed by atoms with Crippen molar-refractivity contribution in [1.82, 2.24) is 9.97 Å². The summed E-state index contributed by atoms with van der Waals surface area (Å²) in [6.07, 6.45) is 10.7. The molecule has 0 aliphatic carbocycles. The van der Waals surface area contributed by atoms with Crippen LogP contribution in [0.5, 0.6) is 5.75 Å². The van der Waals surface area contributed by atoms with E-state index < -0.39 is 5.97 Å². The van der Waals surface area contributed by atoms with Crippen LogP contribution >= 0.6 is 0 Å². The summed E-state index contributed by atoms with van der Waals surface area (Å²) in [4.78, 5) is 19.4. The van der Waals surface area contributed by atoms with Crippen molar-refractivity contribution in [3.8, 4) is 17.1 Å². The van der Waals surface area contributed by atoms with Crippen molar-refractivity contribution in [3.05, 3.63) is 42.2 Å². The number of aromatic carboxylic acids is 1. The largest absolute Gasteiger partial charge is 0.490 e. The number of hydrogen-bond donors (Lipinski definition) is 1. The highest BCUT2D eigenvalue weighted by Crippen LogP contribution is 2.17. The lowest BCUT2D eigenvalue weighted by atomic mass is 10.1. The average molecular weight is 328 g/mol. The minimum Gasteiger partial charge on any atom is -0.490 e. The van der Waals surface area contributed by atoms with Crippen LogP contribution in [0, 0.1) is 0 Å². The van der Waals surface area contributed by atoms with Crippen LogP contribution in [0.3, 0.4) is 0 Å². The molecule has 1 heterocycles. The quantitative estimate of drug-likeness (QED) is 0.646. The number of hydrogen-bond acceptors (Lipinski definition) is 4. The van der Waals surface area contributed by atoms with Gasteiger partial charge in [0.1, 0.15) is 0 Å². The van der Waals surface area contributed by atoms with Crippen LogP contribution in [0.2, 0.25) is 0 Å². The smallest absolute Gasteiger partial charge is 0.335 e. The lowest BCUT2D eigenvalue weighted by Gasteiger charge is -2.06. The Labute approximate surface area is 142 Å². The number of carboxylic acid groups (broad SMARTS) is 1. The summed E-state index contributed by atoms with van der Waals surface area (Å²) in [5, 5.41) is 8.90. The van der Waals surface area contributed by atoms with Crippen molar-refractivity contribution in [1.29, 1.82) is 0 Å². The standard InChI is InChI=1S/C19H24N2O3/c1-2-3-4-5-6-7-12-24-17-13-20-18(21-14-17)15-8-10-16(11-9-15)19(22)23/h8-11,13-14H,2-7,12H2,1H3,(H,22,23). The Morgan fingerprint density at radius 1 is 1.00 bits per heavy atom. The van der Waals surface area contributed by atoms with E-state index in [0.29, 0.717) is 18.2 Å². The molecule has 128 valence electrons. The molecule has 0 bridgehead atoms. The van der Waals surface area contributed by atoms with E-state index in [1.54, 1.807) is 36.7 Å². The van der Waals surface area contributed by atoms with E-state index in [1.807, 2.05) is 0 Å².